The average Bonchev–Trinajstić information content (AvgIpc) is 2.45. The summed E-state index contributed by atoms with van der Waals surface area (Å²) in [6.07, 6.45) is 0. The first kappa shape index (κ1) is 13.1. The molecule has 1 aromatic carbocycles. The lowest BCUT2D eigenvalue weighted by Crippen LogP contribution is -2.25. The third kappa shape index (κ3) is 3.31. The molecule has 0 aliphatic carbocycles. The minimum atomic E-state index is 0.161. The molecule has 1 heterocycles. The predicted octanol–water partition coefficient (Wildman–Crippen LogP) is 1.49. The van der Waals surface area contributed by atoms with Gasteiger partial charge in [-0.1, -0.05) is 30.3 Å². The van der Waals surface area contributed by atoms with Crippen molar-refractivity contribution >= 4 is 11.9 Å². The number of nitrogens with zero attached hydrogens (tertiary/aromatic N) is 4. The number of hydrogen-bond donors (Lipinski definition) is 1. The van der Waals surface area contributed by atoms with Gasteiger partial charge in [0.2, 0.25) is 11.9 Å². The summed E-state index contributed by atoms with van der Waals surface area (Å²) in [4.78, 5) is 14.3. The number of nitrogens with two attached hydrogens (primary N) is 1. The maximum absolute atomic E-state index is 5.65. The van der Waals surface area contributed by atoms with Crippen molar-refractivity contribution in [3.8, 4) is 6.01 Å². The van der Waals surface area contributed by atoms with Crippen molar-refractivity contribution < 1.29 is 4.74 Å². The third-order valence-corrected chi connectivity index (χ3v) is 2.68. The van der Waals surface area contributed by atoms with Crippen LogP contribution in [0.1, 0.15) is 12.5 Å². The largest absolute Gasteiger partial charge is 0.467 e. The molecule has 100 valence electrons. The fraction of sp³-hybridized carbons (Fsp3) is 0.308. The smallest absolute Gasteiger partial charge is 0.322 e. The number of nitrogen functional groups attached to an aromatic ring is 1. The molecule has 2 aromatic rings. The number of aromatic nitrogens is 3. The van der Waals surface area contributed by atoms with E-state index in [1.165, 1.54) is 12.7 Å². The number of hydrogen-bond acceptors (Lipinski definition) is 6. The van der Waals surface area contributed by atoms with Gasteiger partial charge in [0.05, 0.1) is 7.11 Å². The molecular weight excluding hydrogens is 242 g/mol. The Bertz CT molecular complexity index is 532. The molecule has 6 nitrogen and oxygen atoms in total. The molecule has 0 unspecified atom stereocenters. The normalized spacial score (nSPS) is 10.2. The van der Waals surface area contributed by atoms with E-state index >= 15 is 0 Å². The molecule has 0 saturated heterocycles. The highest BCUT2D eigenvalue weighted by Gasteiger charge is 2.11. The molecule has 1 aromatic heterocycles. The van der Waals surface area contributed by atoms with Crippen LogP contribution in [0.2, 0.25) is 0 Å². The summed E-state index contributed by atoms with van der Waals surface area (Å²) >= 11 is 0. The van der Waals surface area contributed by atoms with Crippen LogP contribution in [0.5, 0.6) is 6.01 Å². The van der Waals surface area contributed by atoms with E-state index in [0.29, 0.717) is 12.5 Å². The van der Waals surface area contributed by atoms with Gasteiger partial charge in [0.25, 0.3) is 0 Å². The van der Waals surface area contributed by atoms with Gasteiger partial charge in [0, 0.05) is 13.1 Å². The minimum Gasteiger partial charge on any atom is -0.467 e. The average molecular weight is 259 g/mol. The van der Waals surface area contributed by atoms with Gasteiger partial charge in [0.1, 0.15) is 0 Å². The summed E-state index contributed by atoms with van der Waals surface area (Å²) in [6, 6.07) is 10.4. The van der Waals surface area contributed by atoms with E-state index in [2.05, 4.69) is 27.1 Å². The van der Waals surface area contributed by atoms with Crippen molar-refractivity contribution in [2.75, 3.05) is 24.3 Å². The molecule has 0 radical (unpaired) electrons. The molecule has 0 fully saturated rings. The van der Waals surface area contributed by atoms with E-state index in [1.54, 1.807) is 0 Å². The molecule has 2 N–H and O–H groups in total. The Hall–Kier alpha value is -2.37. The van der Waals surface area contributed by atoms with E-state index in [1.807, 2.05) is 30.0 Å². The predicted molar refractivity (Wildman–Crippen MR) is 74.0 cm³/mol. The summed E-state index contributed by atoms with van der Waals surface area (Å²) in [5.41, 5.74) is 6.83. The van der Waals surface area contributed by atoms with Gasteiger partial charge in [-0.15, -0.1) is 0 Å². The van der Waals surface area contributed by atoms with Crippen molar-refractivity contribution in [2.24, 2.45) is 0 Å². The third-order valence-electron chi connectivity index (χ3n) is 2.68. The molecule has 0 aliphatic heterocycles. The molecule has 19 heavy (non-hydrogen) atoms. The fourth-order valence-electron chi connectivity index (χ4n) is 1.72. The van der Waals surface area contributed by atoms with Crippen molar-refractivity contribution in [1.29, 1.82) is 0 Å². The Morgan fingerprint density at radius 1 is 1.16 bits per heavy atom. The zero-order chi connectivity index (χ0) is 13.7. The Morgan fingerprint density at radius 2 is 1.89 bits per heavy atom. The Kier molecular flexibility index (Phi) is 4.12. The van der Waals surface area contributed by atoms with Crippen LogP contribution in [0.4, 0.5) is 11.9 Å². The van der Waals surface area contributed by atoms with Crippen LogP contribution in [0.3, 0.4) is 0 Å². The highest BCUT2D eigenvalue weighted by Crippen LogP contribution is 2.15. The van der Waals surface area contributed by atoms with E-state index in [-0.39, 0.29) is 12.0 Å². The quantitative estimate of drug-likeness (QED) is 0.876. The Labute approximate surface area is 112 Å². The molecular formula is C13H17N5O. The second kappa shape index (κ2) is 5.99. The van der Waals surface area contributed by atoms with Gasteiger partial charge in [0.15, 0.2) is 0 Å². The molecule has 6 heteroatoms. The van der Waals surface area contributed by atoms with Gasteiger partial charge in [-0.05, 0) is 12.5 Å². The van der Waals surface area contributed by atoms with Crippen molar-refractivity contribution in [2.45, 2.75) is 13.5 Å². The number of rotatable bonds is 5. The van der Waals surface area contributed by atoms with Crippen LogP contribution in [-0.4, -0.2) is 28.6 Å². The molecule has 0 aliphatic rings. The Morgan fingerprint density at radius 3 is 2.53 bits per heavy atom. The summed E-state index contributed by atoms with van der Waals surface area (Å²) in [5, 5.41) is 0. The number of anilines is 2. The second-order valence-electron chi connectivity index (χ2n) is 3.98. The van der Waals surface area contributed by atoms with Gasteiger partial charge in [-0.3, -0.25) is 0 Å². The zero-order valence-corrected chi connectivity index (χ0v) is 11.1. The lowest BCUT2D eigenvalue weighted by molar-refractivity contribution is 0.379. The van der Waals surface area contributed by atoms with Gasteiger partial charge in [-0.2, -0.15) is 15.0 Å². The number of ether oxygens (including phenoxy) is 1. The van der Waals surface area contributed by atoms with E-state index < -0.39 is 0 Å². The molecule has 0 atom stereocenters. The summed E-state index contributed by atoms with van der Waals surface area (Å²) < 4.78 is 5.01. The number of methoxy groups -OCH3 is 1. The van der Waals surface area contributed by atoms with Crippen LogP contribution in [0, 0.1) is 0 Å². The first-order valence-electron chi connectivity index (χ1n) is 6.07. The monoisotopic (exact) mass is 259 g/mol. The fourth-order valence-corrected chi connectivity index (χ4v) is 1.72. The Balaban J connectivity index is 2.24. The topological polar surface area (TPSA) is 77.2 Å². The lowest BCUT2D eigenvalue weighted by Gasteiger charge is -2.21. The van der Waals surface area contributed by atoms with Gasteiger partial charge in [-0.25, -0.2) is 0 Å². The van der Waals surface area contributed by atoms with Crippen molar-refractivity contribution in [3.05, 3.63) is 35.9 Å². The van der Waals surface area contributed by atoms with E-state index in [9.17, 15) is 0 Å². The highest BCUT2D eigenvalue weighted by molar-refractivity contribution is 5.37. The second-order valence-corrected chi connectivity index (χ2v) is 3.98. The maximum Gasteiger partial charge on any atom is 0.322 e. The van der Waals surface area contributed by atoms with Crippen LogP contribution in [0.15, 0.2) is 30.3 Å². The molecule has 0 bridgehead atoms. The summed E-state index contributed by atoms with van der Waals surface area (Å²) in [6.45, 7) is 3.51. The van der Waals surface area contributed by atoms with Crippen LogP contribution >= 0.6 is 0 Å². The summed E-state index contributed by atoms with van der Waals surface area (Å²) in [5.74, 6) is 0.684. The molecule has 0 spiro atoms. The standard InChI is InChI=1S/C13H17N5O/c1-3-18(9-10-7-5-4-6-8-10)12-15-11(14)16-13(17-12)19-2/h4-8H,3,9H2,1-2H3,(H2,14,15,16,17). The van der Waals surface area contributed by atoms with E-state index in [0.717, 1.165) is 6.54 Å². The van der Waals surface area contributed by atoms with Crippen molar-refractivity contribution in [3.63, 3.8) is 0 Å². The SMILES string of the molecule is CCN(Cc1ccccc1)c1nc(N)nc(OC)n1. The van der Waals surface area contributed by atoms with E-state index in [4.69, 9.17) is 10.5 Å². The van der Waals surface area contributed by atoms with Crippen molar-refractivity contribution in [1.82, 2.24) is 15.0 Å². The first-order chi connectivity index (χ1) is 9.22. The minimum absolute atomic E-state index is 0.161. The van der Waals surface area contributed by atoms with Gasteiger partial charge < -0.3 is 15.4 Å². The van der Waals surface area contributed by atoms with Crippen LogP contribution < -0.4 is 15.4 Å². The number of benzene rings is 1. The van der Waals surface area contributed by atoms with Gasteiger partial charge >= 0.3 is 6.01 Å². The highest BCUT2D eigenvalue weighted by atomic mass is 16.5. The summed E-state index contributed by atoms with van der Waals surface area (Å²) in [7, 11) is 1.51. The maximum atomic E-state index is 5.65. The van der Waals surface area contributed by atoms with Crippen LogP contribution in [0.25, 0.3) is 0 Å². The molecule has 0 amide bonds. The van der Waals surface area contributed by atoms with Crippen LogP contribution in [-0.2, 0) is 6.54 Å². The lowest BCUT2D eigenvalue weighted by atomic mass is 10.2. The molecule has 2 rings (SSSR count). The first-order valence-corrected chi connectivity index (χ1v) is 6.07. The zero-order valence-electron chi connectivity index (χ0n) is 11.1. The molecule has 0 saturated carbocycles.